The highest BCUT2D eigenvalue weighted by Crippen LogP contribution is 2.26. The van der Waals surface area contributed by atoms with Gasteiger partial charge in [-0.2, -0.15) is 0 Å². The van der Waals surface area contributed by atoms with Crippen molar-refractivity contribution in [1.82, 2.24) is 20.4 Å². The van der Waals surface area contributed by atoms with Gasteiger partial charge in [0.25, 0.3) is 11.8 Å². The van der Waals surface area contributed by atoms with E-state index in [1.165, 1.54) is 11.3 Å². The number of thiazole rings is 1. The molecule has 7 nitrogen and oxygen atoms in total. The van der Waals surface area contributed by atoms with Crippen LogP contribution in [0.2, 0.25) is 0 Å². The predicted molar refractivity (Wildman–Crippen MR) is 98.6 cm³/mol. The molecule has 2 aromatic heterocycles. The Morgan fingerprint density at radius 3 is 2.54 bits per heavy atom. The van der Waals surface area contributed by atoms with E-state index in [0.717, 1.165) is 28.4 Å². The summed E-state index contributed by atoms with van der Waals surface area (Å²) < 4.78 is 4.99. The fraction of sp³-hybridized carbons (Fsp3) is 0.556. The van der Waals surface area contributed by atoms with Gasteiger partial charge in [0.15, 0.2) is 0 Å². The molecule has 0 atom stereocenters. The predicted octanol–water partition coefficient (Wildman–Crippen LogP) is 2.91. The fourth-order valence-electron chi connectivity index (χ4n) is 2.96. The van der Waals surface area contributed by atoms with E-state index in [-0.39, 0.29) is 23.6 Å². The molecule has 1 saturated heterocycles. The minimum absolute atomic E-state index is 0.0331. The van der Waals surface area contributed by atoms with E-state index in [2.05, 4.69) is 29.3 Å². The number of hydrogen-bond acceptors (Lipinski definition) is 6. The zero-order chi connectivity index (χ0) is 18.8. The molecule has 8 heteroatoms. The molecule has 0 bridgehead atoms. The highest BCUT2D eigenvalue weighted by molar-refractivity contribution is 7.13. The molecule has 0 aliphatic carbocycles. The van der Waals surface area contributed by atoms with E-state index >= 15 is 0 Å². The van der Waals surface area contributed by atoms with E-state index < -0.39 is 0 Å². The van der Waals surface area contributed by atoms with Crippen molar-refractivity contribution < 1.29 is 14.1 Å². The van der Waals surface area contributed by atoms with Crippen molar-refractivity contribution in [2.45, 2.75) is 52.5 Å². The smallest absolute Gasteiger partial charge is 0.290 e. The number of nitrogens with zero attached hydrogens (tertiary/aromatic N) is 3. The van der Waals surface area contributed by atoms with Crippen LogP contribution in [0.4, 0.5) is 0 Å². The Morgan fingerprint density at radius 2 is 2.00 bits per heavy atom. The summed E-state index contributed by atoms with van der Waals surface area (Å²) in [4.78, 5) is 32.0. The maximum atomic E-state index is 12.8. The van der Waals surface area contributed by atoms with Gasteiger partial charge in [0.1, 0.15) is 4.88 Å². The molecule has 1 N–H and O–H groups in total. The zero-order valence-corrected chi connectivity index (χ0v) is 16.4. The van der Waals surface area contributed by atoms with Crippen molar-refractivity contribution in [2.75, 3.05) is 13.1 Å². The second kappa shape index (κ2) is 7.57. The minimum Gasteiger partial charge on any atom is -0.351 e. The van der Waals surface area contributed by atoms with Crippen molar-refractivity contribution in [3.05, 3.63) is 33.1 Å². The van der Waals surface area contributed by atoms with Gasteiger partial charge >= 0.3 is 0 Å². The normalized spacial score (nSPS) is 15.5. The van der Waals surface area contributed by atoms with Crippen LogP contribution in [0, 0.1) is 13.8 Å². The zero-order valence-electron chi connectivity index (χ0n) is 15.5. The molecule has 1 fully saturated rings. The summed E-state index contributed by atoms with van der Waals surface area (Å²) in [6.07, 6.45) is 1.44. The first-order valence-corrected chi connectivity index (χ1v) is 9.67. The molecule has 140 valence electrons. The number of aryl methyl sites for hydroxylation is 2. The number of amides is 2. The number of likely N-dealkylation sites (tertiary alicyclic amines) is 1. The van der Waals surface area contributed by atoms with Crippen LogP contribution < -0.4 is 5.32 Å². The third-order valence-corrected chi connectivity index (χ3v) is 5.92. The number of carbonyl (C=O) groups is 2. The molecule has 0 aromatic carbocycles. The fourth-order valence-corrected chi connectivity index (χ4v) is 4.00. The maximum absolute atomic E-state index is 12.8. The van der Waals surface area contributed by atoms with Gasteiger partial charge in [0.05, 0.1) is 16.4 Å². The van der Waals surface area contributed by atoms with Crippen LogP contribution in [0.25, 0.3) is 0 Å². The van der Waals surface area contributed by atoms with E-state index in [1.807, 2.05) is 11.8 Å². The van der Waals surface area contributed by atoms with Gasteiger partial charge < -0.3 is 14.7 Å². The van der Waals surface area contributed by atoms with E-state index in [4.69, 9.17) is 4.52 Å². The van der Waals surface area contributed by atoms with Gasteiger partial charge in [-0.05, 0) is 26.7 Å². The van der Waals surface area contributed by atoms with E-state index in [0.29, 0.717) is 24.7 Å². The average molecular weight is 376 g/mol. The second-order valence-electron chi connectivity index (χ2n) is 6.99. The van der Waals surface area contributed by atoms with Crippen LogP contribution in [0.15, 0.2) is 10.6 Å². The largest absolute Gasteiger partial charge is 0.351 e. The molecule has 0 saturated carbocycles. The summed E-state index contributed by atoms with van der Waals surface area (Å²) in [6.45, 7) is 9.06. The summed E-state index contributed by atoms with van der Waals surface area (Å²) in [5.41, 5.74) is 1.48. The van der Waals surface area contributed by atoms with Gasteiger partial charge in [0.2, 0.25) is 5.76 Å². The molecule has 0 unspecified atom stereocenters. The molecule has 0 spiro atoms. The lowest BCUT2D eigenvalue weighted by Crippen LogP contribution is -2.46. The molecule has 2 amide bonds. The molecule has 2 aromatic rings. The highest BCUT2D eigenvalue weighted by Gasteiger charge is 2.28. The third kappa shape index (κ3) is 3.95. The van der Waals surface area contributed by atoms with Crippen molar-refractivity contribution in [2.24, 2.45) is 0 Å². The number of nitrogens with one attached hydrogen (secondary N) is 1. The lowest BCUT2D eigenvalue weighted by atomic mass is 10.0. The van der Waals surface area contributed by atoms with Gasteiger partial charge in [-0.3, -0.25) is 9.59 Å². The monoisotopic (exact) mass is 376 g/mol. The molecular weight excluding hydrogens is 352 g/mol. The number of aromatic nitrogens is 2. The average Bonchev–Trinajstić information content (AvgIpc) is 3.21. The van der Waals surface area contributed by atoms with Crippen molar-refractivity contribution in [3.8, 4) is 0 Å². The lowest BCUT2D eigenvalue weighted by molar-refractivity contribution is 0.0698. The molecule has 1 aliphatic rings. The molecule has 0 radical (unpaired) electrons. The van der Waals surface area contributed by atoms with Crippen molar-refractivity contribution >= 4 is 23.2 Å². The second-order valence-corrected chi connectivity index (χ2v) is 8.02. The molecule has 26 heavy (non-hydrogen) atoms. The van der Waals surface area contributed by atoms with Crippen LogP contribution in [0.5, 0.6) is 0 Å². The third-order valence-electron chi connectivity index (χ3n) is 4.47. The lowest BCUT2D eigenvalue weighted by Gasteiger charge is -2.32. The topological polar surface area (TPSA) is 88.3 Å². The number of piperidine rings is 1. The van der Waals surface area contributed by atoms with Gasteiger partial charge in [-0.25, -0.2) is 4.98 Å². The summed E-state index contributed by atoms with van der Waals surface area (Å²) >= 11 is 1.49. The number of carbonyl (C=O) groups excluding carboxylic acids is 2. The molecular formula is C18H24N4O3S. The Bertz CT molecular complexity index is 803. The summed E-state index contributed by atoms with van der Waals surface area (Å²) in [7, 11) is 0. The van der Waals surface area contributed by atoms with Crippen LogP contribution >= 0.6 is 11.3 Å². The highest BCUT2D eigenvalue weighted by atomic mass is 32.1. The van der Waals surface area contributed by atoms with Gasteiger partial charge in [-0.1, -0.05) is 19.0 Å². The van der Waals surface area contributed by atoms with Crippen LogP contribution in [0.3, 0.4) is 0 Å². The Labute approximate surface area is 156 Å². The summed E-state index contributed by atoms with van der Waals surface area (Å²) in [5, 5.41) is 7.68. The van der Waals surface area contributed by atoms with E-state index in [1.54, 1.807) is 13.0 Å². The van der Waals surface area contributed by atoms with Crippen molar-refractivity contribution in [1.29, 1.82) is 0 Å². The Morgan fingerprint density at radius 1 is 1.31 bits per heavy atom. The van der Waals surface area contributed by atoms with Gasteiger partial charge in [0, 0.05) is 31.1 Å². The van der Waals surface area contributed by atoms with Crippen LogP contribution in [-0.2, 0) is 0 Å². The Kier molecular flexibility index (Phi) is 5.41. The summed E-state index contributed by atoms with van der Waals surface area (Å²) in [5.74, 6) is 0.334. The number of rotatable bonds is 4. The standard InChI is InChI=1S/C18H24N4O3S/c1-10(2)17-19-12(4)15(26-17)18(24)22-7-5-13(6-8-22)20-16(23)14-9-11(3)21-25-14/h9-10,13H,5-8H2,1-4H3,(H,20,23). The molecule has 3 rings (SSSR count). The SMILES string of the molecule is Cc1cc(C(=O)NC2CCN(C(=O)c3sc(C(C)C)nc3C)CC2)on1. The first kappa shape index (κ1) is 18.6. The van der Waals surface area contributed by atoms with Crippen LogP contribution in [0.1, 0.15) is 69.2 Å². The minimum atomic E-state index is -0.254. The molecule has 1 aliphatic heterocycles. The summed E-state index contributed by atoms with van der Waals surface area (Å²) in [6, 6.07) is 1.65. The first-order valence-electron chi connectivity index (χ1n) is 8.86. The first-order chi connectivity index (χ1) is 12.3. The van der Waals surface area contributed by atoms with Crippen molar-refractivity contribution in [3.63, 3.8) is 0 Å². The molecule has 3 heterocycles. The number of hydrogen-bond donors (Lipinski definition) is 1. The van der Waals surface area contributed by atoms with E-state index in [9.17, 15) is 9.59 Å². The Hall–Kier alpha value is -2.22. The van der Waals surface area contributed by atoms with Crippen LogP contribution in [-0.4, -0.2) is 46.0 Å². The Balaban J connectivity index is 1.56. The van der Waals surface area contributed by atoms with Gasteiger partial charge in [-0.15, -0.1) is 11.3 Å². The quantitative estimate of drug-likeness (QED) is 0.886. The maximum Gasteiger partial charge on any atom is 0.290 e.